The first-order chi connectivity index (χ1) is 10.5. The number of ether oxygens (including phenoxy) is 1. The highest BCUT2D eigenvalue weighted by Gasteiger charge is 2.40. The van der Waals surface area contributed by atoms with E-state index in [4.69, 9.17) is 16.3 Å². The molecule has 0 saturated carbocycles. The molecule has 1 aliphatic rings. The van der Waals surface area contributed by atoms with Gasteiger partial charge >= 0.3 is 0 Å². The molecule has 1 fully saturated rings. The molecule has 118 valence electrons. The number of hydrogen-bond donors (Lipinski definition) is 0. The van der Waals surface area contributed by atoms with Crippen molar-refractivity contribution in [3.05, 3.63) is 27.8 Å². The molecule has 0 radical (unpaired) electrons. The summed E-state index contributed by atoms with van der Waals surface area (Å²) >= 11 is 6.04. The Hall–Kier alpha value is -1.73. The summed E-state index contributed by atoms with van der Waals surface area (Å²) in [5.41, 5.74) is 0.344. The minimum atomic E-state index is -0.464. The van der Waals surface area contributed by atoms with Crippen LogP contribution in [0.3, 0.4) is 0 Å². The van der Waals surface area contributed by atoms with Crippen molar-refractivity contribution in [1.82, 2.24) is 14.5 Å². The predicted molar refractivity (Wildman–Crippen MR) is 81.7 cm³/mol. The molecular weight excluding hydrogens is 308 g/mol. The van der Waals surface area contributed by atoms with E-state index in [1.807, 2.05) is 0 Å². The quantitative estimate of drug-likeness (QED) is 0.489. The van der Waals surface area contributed by atoms with Crippen LogP contribution >= 0.6 is 11.6 Å². The van der Waals surface area contributed by atoms with Gasteiger partial charge in [-0.05, 0) is 12.3 Å². The van der Waals surface area contributed by atoms with Crippen LogP contribution in [0.25, 0.3) is 11.0 Å². The minimum absolute atomic E-state index is 0.0844. The summed E-state index contributed by atoms with van der Waals surface area (Å²) in [5, 5.41) is 11.6. The standard InChI is InChI=1S/C14H17ClN4O3/c1-4-10-7(2)8(3)14(22-10)18-5-9(19(20)21)11-12(15)16-6-17-13(11)18/h5-8,10,14H,4H2,1-3H3. The molecule has 4 unspecified atom stereocenters. The van der Waals surface area contributed by atoms with Crippen LogP contribution in [0, 0.1) is 22.0 Å². The molecule has 7 nitrogen and oxygen atoms in total. The van der Waals surface area contributed by atoms with Gasteiger partial charge in [-0.3, -0.25) is 14.7 Å². The third kappa shape index (κ3) is 2.16. The molecule has 2 aromatic heterocycles. The Morgan fingerprint density at radius 1 is 1.41 bits per heavy atom. The maximum Gasteiger partial charge on any atom is 0.299 e. The zero-order valence-corrected chi connectivity index (χ0v) is 13.3. The zero-order valence-electron chi connectivity index (χ0n) is 12.6. The van der Waals surface area contributed by atoms with Crippen molar-refractivity contribution in [2.24, 2.45) is 11.8 Å². The number of nitrogens with zero attached hydrogens (tertiary/aromatic N) is 4. The molecule has 3 rings (SSSR count). The summed E-state index contributed by atoms with van der Waals surface area (Å²) in [4.78, 5) is 18.9. The van der Waals surface area contributed by atoms with E-state index in [0.717, 1.165) is 6.42 Å². The van der Waals surface area contributed by atoms with Crippen molar-refractivity contribution >= 4 is 28.3 Å². The van der Waals surface area contributed by atoms with Gasteiger partial charge in [-0.1, -0.05) is 32.4 Å². The van der Waals surface area contributed by atoms with E-state index in [0.29, 0.717) is 11.6 Å². The van der Waals surface area contributed by atoms with Gasteiger partial charge < -0.3 is 4.74 Å². The van der Waals surface area contributed by atoms with Gasteiger partial charge in [-0.15, -0.1) is 0 Å². The van der Waals surface area contributed by atoms with Gasteiger partial charge in [0.25, 0.3) is 5.69 Å². The Morgan fingerprint density at radius 3 is 2.73 bits per heavy atom. The second-order valence-electron chi connectivity index (χ2n) is 5.73. The van der Waals surface area contributed by atoms with Gasteiger partial charge in [-0.25, -0.2) is 9.97 Å². The van der Waals surface area contributed by atoms with Crippen LogP contribution < -0.4 is 0 Å². The van der Waals surface area contributed by atoms with Gasteiger partial charge in [0.15, 0.2) is 5.65 Å². The van der Waals surface area contributed by atoms with E-state index in [2.05, 4.69) is 30.7 Å². The lowest BCUT2D eigenvalue weighted by Gasteiger charge is -2.18. The number of rotatable bonds is 3. The molecule has 8 heteroatoms. The number of aromatic nitrogens is 3. The SMILES string of the molecule is CCC1OC(n2cc([N+](=O)[O-])c3c(Cl)ncnc32)C(C)C1C. The topological polar surface area (TPSA) is 83.1 Å². The summed E-state index contributed by atoms with van der Waals surface area (Å²) in [6.45, 7) is 6.30. The van der Waals surface area contributed by atoms with E-state index in [9.17, 15) is 10.1 Å². The van der Waals surface area contributed by atoms with Crippen LogP contribution in [-0.2, 0) is 4.74 Å². The highest BCUT2D eigenvalue weighted by molar-refractivity contribution is 6.34. The summed E-state index contributed by atoms with van der Waals surface area (Å²) in [6, 6.07) is 0. The third-order valence-electron chi connectivity index (χ3n) is 4.60. The first-order valence-electron chi connectivity index (χ1n) is 7.26. The fourth-order valence-corrected chi connectivity index (χ4v) is 3.40. The van der Waals surface area contributed by atoms with Gasteiger partial charge in [0.1, 0.15) is 23.1 Å². The fraction of sp³-hybridized carbons (Fsp3) is 0.571. The Labute approximate surface area is 132 Å². The van der Waals surface area contributed by atoms with Gasteiger partial charge in [0, 0.05) is 5.92 Å². The second kappa shape index (κ2) is 5.48. The molecule has 22 heavy (non-hydrogen) atoms. The van der Waals surface area contributed by atoms with Crippen molar-refractivity contribution in [2.45, 2.75) is 39.5 Å². The van der Waals surface area contributed by atoms with Crippen molar-refractivity contribution in [2.75, 3.05) is 0 Å². The van der Waals surface area contributed by atoms with Gasteiger partial charge in [-0.2, -0.15) is 0 Å². The smallest absolute Gasteiger partial charge is 0.299 e. The molecule has 1 aliphatic heterocycles. The van der Waals surface area contributed by atoms with E-state index >= 15 is 0 Å². The minimum Gasteiger partial charge on any atom is -0.354 e. The van der Waals surface area contributed by atoms with E-state index in [1.165, 1.54) is 12.5 Å². The van der Waals surface area contributed by atoms with Crippen LogP contribution in [0.2, 0.25) is 5.15 Å². The van der Waals surface area contributed by atoms with Crippen molar-refractivity contribution < 1.29 is 9.66 Å². The van der Waals surface area contributed by atoms with Gasteiger partial charge in [0.05, 0.1) is 17.2 Å². The lowest BCUT2D eigenvalue weighted by molar-refractivity contribution is -0.383. The highest BCUT2D eigenvalue weighted by Crippen LogP contribution is 2.43. The third-order valence-corrected chi connectivity index (χ3v) is 4.88. The van der Waals surface area contributed by atoms with Crippen LogP contribution in [0.1, 0.15) is 33.4 Å². The Kier molecular flexibility index (Phi) is 3.78. The maximum atomic E-state index is 11.3. The fourth-order valence-electron chi connectivity index (χ4n) is 3.17. The van der Waals surface area contributed by atoms with Crippen molar-refractivity contribution in [1.29, 1.82) is 0 Å². The second-order valence-corrected chi connectivity index (χ2v) is 6.09. The molecule has 4 atom stereocenters. The summed E-state index contributed by atoms with van der Waals surface area (Å²) in [6.07, 6.45) is 3.51. The van der Waals surface area contributed by atoms with E-state index < -0.39 is 4.92 Å². The zero-order chi connectivity index (χ0) is 16.0. The lowest BCUT2D eigenvalue weighted by Crippen LogP contribution is -2.15. The van der Waals surface area contributed by atoms with Crippen molar-refractivity contribution in [3.63, 3.8) is 0 Å². The van der Waals surface area contributed by atoms with Crippen LogP contribution in [0.4, 0.5) is 5.69 Å². The van der Waals surface area contributed by atoms with Crippen LogP contribution in [0.5, 0.6) is 0 Å². The number of nitro groups is 1. The molecule has 2 aromatic rings. The number of fused-ring (bicyclic) bond motifs is 1. The first-order valence-corrected chi connectivity index (χ1v) is 7.64. The Balaban J connectivity index is 2.16. The maximum absolute atomic E-state index is 11.3. The molecular formula is C14H17ClN4O3. The largest absolute Gasteiger partial charge is 0.354 e. The molecule has 1 saturated heterocycles. The molecule has 0 spiro atoms. The van der Waals surface area contributed by atoms with E-state index in [-0.39, 0.29) is 34.5 Å². The monoisotopic (exact) mass is 324 g/mol. The Morgan fingerprint density at radius 2 is 2.14 bits per heavy atom. The Bertz CT molecular complexity index is 732. The number of halogens is 1. The van der Waals surface area contributed by atoms with Crippen molar-refractivity contribution in [3.8, 4) is 0 Å². The normalized spacial score (nSPS) is 28.4. The average Bonchev–Trinajstić information content (AvgIpc) is 3.00. The summed E-state index contributed by atoms with van der Waals surface area (Å²) in [5.74, 6) is 0.581. The predicted octanol–water partition coefficient (Wildman–Crippen LogP) is 3.57. The number of hydrogen-bond acceptors (Lipinski definition) is 5. The molecule has 0 bridgehead atoms. The first kappa shape index (κ1) is 15.2. The molecule has 0 N–H and O–H groups in total. The highest BCUT2D eigenvalue weighted by atomic mass is 35.5. The summed E-state index contributed by atoms with van der Waals surface area (Å²) in [7, 11) is 0. The van der Waals surface area contributed by atoms with E-state index in [1.54, 1.807) is 4.57 Å². The molecule has 0 amide bonds. The molecule has 0 aliphatic carbocycles. The summed E-state index contributed by atoms with van der Waals surface area (Å²) < 4.78 is 7.82. The lowest BCUT2D eigenvalue weighted by atomic mass is 9.91. The van der Waals surface area contributed by atoms with Crippen LogP contribution in [-0.4, -0.2) is 25.6 Å². The molecule has 0 aromatic carbocycles. The van der Waals surface area contributed by atoms with Gasteiger partial charge in [0.2, 0.25) is 0 Å². The average molecular weight is 325 g/mol. The molecule has 3 heterocycles. The van der Waals surface area contributed by atoms with Crippen LogP contribution in [0.15, 0.2) is 12.5 Å².